The van der Waals surface area contributed by atoms with Gasteiger partial charge in [-0.2, -0.15) is 5.26 Å². The third kappa shape index (κ3) is 3.13. The lowest BCUT2D eigenvalue weighted by atomic mass is 10.2. The molecule has 22 heavy (non-hydrogen) atoms. The van der Waals surface area contributed by atoms with Gasteiger partial charge in [0.05, 0.1) is 32.8 Å². The first kappa shape index (κ1) is 15.3. The van der Waals surface area contributed by atoms with Crippen LogP contribution in [0.3, 0.4) is 0 Å². The van der Waals surface area contributed by atoms with Gasteiger partial charge in [0.2, 0.25) is 0 Å². The summed E-state index contributed by atoms with van der Waals surface area (Å²) in [5, 5.41) is 19.3. The second-order valence-corrected chi connectivity index (χ2v) is 5.95. The lowest BCUT2D eigenvalue weighted by molar-refractivity contribution is -0.384. The Morgan fingerprint density at radius 2 is 1.82 bits per heavy atom. The summed E-state index contributed by atoms with van der Waals surface area (Å²) in [4.78, 5) is 9.80. The van der Waals surface area contributed by atoms with Crippen molar-refractivity contribution in [3.05, 3.63) is 58.1 Å². The fourth-order valence-electron chi connectivity index (χ4n) is 1.68. The number of hydrogen-bond donors (Lipinski definition) is 2. The summed E-state index contributed by atoms with van der Waals surface area (Å²) < 4.78 is 26.6. The Kier molecular flexibility index (Phi) is 3.96. The van der Waals surface area contributed by atoms with Crippen molar-refractivity contribution < 1.29 is 13.3 Å². The van der Waals surface area contributed by atoms with Crippen LogP contribution in [0.4, 0.5) is 17.1 Å². The largest absolute Gasteiger partial charge is 0.397 e. The van der Waals surface area contributed by atoms with Gasteiger partial charge < -0.3 is 5.73 Å². The van der Waals surface area contributed by atoms with E-state index in [4.69, 9.17) is 11.0 Å². The molecule has 8 nitrogen and oxygen atoms in total. The highest BCUT2D eigenvalue weighted by molar-refractivity contribution is 7.92. The predicted molar refractivity (Wildman–Crippen MR) is 79.5 cm³/mol. The fourth-order valence-corrected chi connectivity index (χ4v) is 2.76. The summed E-state index contributed by atoms with van der Waals surface area (Å²) in [5.74, 6) is 0. The first-order valence-corrected chi connectivity index (χ1v) is 7.39. The van der Waals surface area contributed by atoms with Crippen LogP contribution in [0.15, 0.2) is 47.4 Å². The van der Waals surface area contributed by atoms with Crippen LogP contribution in [-0.2, 0) is 10.0 Å². The fraction of sp³-hybridized carbons (Fsp3) is 0. The maximum absolute atomic E-state index is 12.2. The molecule has 0 fully saturated rings. The number of nitrogens with two attached hydrogens (primary N) is 1. The molecule has 2 aromatic carbocycles. The third-order valence-electron chi connectivity index (χ3n) is 2.78. The van der Waals surface area contributed by atoms with E-state index in [9.17, 15) is 18.5 Å². The Hall–Kier alpha value is -3.12. The van der Waals surface area contributed by atoms with Crippen LogP contribution in [0.5, 0.6) is 0 Å². The van der Waals surface area contributed by atoms with Gasteiger partial charge in [-0.3, -0.25) is 14.8 Å². The Morgan fingerprint density at radius 3 is 2.32 bits per heavy atom. The summed E-state index contributed by atoms with van der Waals surface area (Å²) in [7, 11) is -3.93. The van der Waals surface area contributed by atoms with Crippen LogP contribution in [0.2, 0.25) is 0 Å². The summed E-state index contributed by atoms with van der Waals surface area (Å²) >= 11 is 0. The van der Waals surface area contributed by atoms with E-state index in [1.807, 2.05) is 6.07 Å². The zero-order chi connectivity index (χ0) is 16.3. The number of nitrogen functional groups attached to an aromatic ring is 1. The number of rotatable bonds is 4. The third-order valence-corrected chi connectivity index (χ3v) is 4.16. The normalized spacial score (nSPS) is 10.7. The van der Waals surface area contributed by atoms with Crippen LogP contribution in [0.25, 0.3) is 0 Å². The number of anilines is 2. The molecule has 0 unspecified atom stereocenters. The van der Waals surface area contributed by atoms with Crippen LogP contribution in [0, 0.1) is 21.4 Å². The van der Waals surface area contributed by atoms with Gasteiger partial charge in [0.25, 0.3) is 15.7 Å². The zero-order valence-corrected chi connectivity index (χ0v) is 11.9. The van der Waals surface area contributed by atoms with E-state index >= 15 is 0 Å². The lowest BCUT2D eigenvalue weighted by Gasteiger charge is -2.10. The number of benzene rings is 2. The molecule has 0 aliphatic rings. The van der Waals surface area contributed by atoms with Gasteiger partial charge in [-0.25, -0.2) is 8.42 Å². The van der Waals surface area contributed by atoms with Gasteiger partial charge in [-0.1, -0.05) is 0 Å². The minimum atomic E-state index is -3.93. The molecule has 3 N–H and O–H groups in total. The highest BCUT2D eigenvalue weighted by Gasteiger charge is 2.17. The summed E-state index contributed by atoms with van der Waals surface area (Å²) in [6, 6.07) is 10.5. The molecule has 2 rings (SSSR count). The van der Waals surface area contributed by atoms with Gasteiger partial charge in [0.1, 0.15) is 0 Å². The molecular weight excluding hydrogens is 308 g/mol. The molecule has 0 bridgehead atoms. The van der Waals surface area contributed by atoms with Crippen molar-refractivity contribution in [2.45, 2.75) is 4.90 Å². The number of nitriles is 1. The highest BCUT2D eigenvalue weighted by Crippen LogP contribution is 2.24. The van der Waals surface area contributed by atoms with Gasteiger partial charge in [-0.05, 0) is 30.3 Å². The molecule has 112 valence electrons. The van der Waals surface area contributed by atoms with E-state index in [0.29, 0.717) is 5.56 Å². The molecule has 0 aliphatic carbocycles. The number of nitrogens with one attached hydrogen (secondary N) is 1. The molecular formula is C13H10N4O4S. The van der Waals surface area contributed by atoms with E-state index in [0.717, 1.165) is 24.3 Å². The minimum Gasteiger partial charge on any atom is -0.397 e. The quantitative estimate of drug-likeness (QED) is 0.501. The van der Waals surface area contributed by atoms with E-state index in [2.05, 4.69) is 4.72 Å². The first-order valence-electron chi connectivity index (χ1n) is 5.90. The molecule has 0 saturated carbocycles. The SMILES string of the molecule is N#Cc1ccc(NS(=O)(=O)c2ccc([N+](=O)[O-])cc2)c(N)c1. The molecule has 0 atom stereocenters. The predicted octanol–water partition coefficient (Wildman–Crippen LogP) is 1.85. The smallest absolute Gasteiger partial charge is 0.269 e. The number of nitro benzene ring substituents is 1. The summed E-state index contributed by atoms with van der Waals surface area (Å²) in [6.07, 6.45) is 0. The van der Waals surface area contributed by atoms with Gasteiger partial charge in [0, 0.05) is 12.1 Å². The average molecular weight is 318 g/mol. The van der Waals surface area contributed by atoms with Crippen molar-refractivity contribution in [3.8, 4) is 6.07 Å². The van der Waals surface area contributed by atoms with Crippen molar-refractivity contribution in [1.29, 1.82) is 5.26 Å². The first-order chi connectivity index (χ1) is 10.3. The van der Waals surface area contributed by atoms with E-state index in [1.54, 1.807) is 0 Å². The summed E-state index contributed by atoms with van der Waals surface area (Å²) in [6.45, 7) is 0. The number of hydrogen-bond acceptors (Lipinski definition) is 6. The van der Waals surface area contributed by atoms with Gasteiger partial charge in [-0.15, -0.1) is 0 Å². The van der Waals surface area contributed by atoms with Crippen molar-refractivity contribution in [2.75, 3.05) is 10.5 Å². The molecule has 0 aliphatic heterocycles. The molecule has 9 heteroatoms. The lowest BCUT2D eigenvalue weighted by Crippen LogP contribution is -2.14. The van der Waals surface area contributed by atoms with E-state index in [1.165, 1.54) is 18.2 Å². The number of nitro groups is 1. The molecule has 0 heterocycles. The van der Waals surface area contributed by atoms with Gasteiger partial charge >= 0.3 is 0 Å². The monoisotopic (exact) mass is 318 g/mol. The minimum absolute atomic E-state index is 0.101. The molecule has 0 radical (unpaired) electrons. The Morgan fingerprint density at radius 1 is 1.18 bits per heavy atom. The standard InChI is InChI=1S/C13H10N4O4S/c14-8-9-1-6-13(12(15)7-9)16-22(20,21)11-4-2-10(3-5-11)17(18)19/h1-7,16H,15H2. The number of sulfonamides is 1. The van der Waals surface area contributed by atoms with E-state index in [-0.39, 0.29) is 22.0 Å². The molecule has 0 aromatic heterocycles. The van der Waals surface area contributed by atoms with Crippen molar-refractivity contribution >= 4 is 27.1 Å². The molecule has 0 amide bonds. The maximum Gasteiger partial charge on any atom is 0.269 e. The summed E-state index contributed by atoms with van der Waals surface area (Å²) in [5.41, 5.74) is 5.99. The van der Waals surface area contributed by atoms with Crippen LogP contribution >= 0.6 is 0 Å². The topological polar surface area (TPSA) is 139 Å². The maximum atomic E-state index is 12.2. The van der Waals surface area contributed by atoms with Crippen LogP contribution in [0.1, 0.15) is 5.56 Å². The van der Waals surface area contributed by atoms with Crippen LogP contribution in [-0.4, -0.2) is 13.3 Å². The van der Waals surface area contributed by atoms with E-state index < -0.39 is 14.9 Å². The van der Waals surface area contributed by atoms with Crippen molar-refractivity contribution in [1.82, 2.24) is 0 Å². The number of non-ortho nitro benzene ring substituents is 1. The molecule has 0 spiro atoms. The molecule has 2 aromatic rings. The van der Waals surface area contributed by atoms with Gasteiger partial charge in [0.15, 0.2) is 0 Å². The second kappa shape index (κ2) is 5.71. The Bertz CT molecular complexity index is 870. The number of nitrogens with zero attached hydrogens (tertiary/aromatic N) is 2. The zero-order valence-electron chi connectivity index (χ0n) is 11.1. The average Bonchev–Trinajstić information content (AvgIpc) is 2.49. The highest BCUT2D eigenvalue weighted by atomic mass is 32.2. The van der Waals surface area contributed by atoms with Crippen LogP contribution < -0.4 is 10.5 Å². The Labute approximate surface area is 126 Å². The van der Waals surface area contributed by atoms with Crippen molar-refractivity contribution in [3.63, 3.8) is 0 Å². The van der Waals surface area contributed by atoms with Crippen molar-refractivity contribution in [2.24, 2.45) is 0 Å². The second-order valence-electron chi connectivity index (χ2n) is 4.27. The molecule has 0 saturated heterocycles. The Balaban J connectivity index is 2.32.